The molecule has 0 aliphatic rings. The number of nitrogens with one attached hydrogen (secondary N) is 1. The van der Waals surface area contributed by atoms with Crippen LogP contribution in [-0.2, 0) is 4.79 Å². The van der Waals surface area contributed by atoms with Crippen molar-refractivity contribution in [1.29, 1.82) is 0 Å². The van der Waals surface area contributed by atoms with E-state index in [9.17, 15) is 4.79 Å². The molecular formula is C16H17ClN2O2S. The molecule has 0 spiro atoms. The molecule has 0 saturated carbocycles. The fourth-order valence-electron chi connectivity index (χ4n) is 1.70. The third kappa shape index (κ3) is 5.16. The minimum Gasteiger partial charge on any atom is -0.484 e. The molecule has 0 saturated heterocycles. The van der Waals surface area contributed by atoms with E-state index in [-0.39, 0.29) is 12.5 Å². The number of ether oxygens (including phenoxy) is 1. The van der Waals surface area contributed by atoms with Crippen molar-refractivity contribution in [2.45, 2.75) is 19.8 Å². The van der Waals surface area contributed by atoms with Crippen LogP contribution in [0.1, 0.15) is 30.2 Å². The maximum Gasteiger partial charge on any atom is 0.277 e. The third-order valence-corrected chi connectivity index (χ3v) is 4.06. The number of hydrazone groups is 1. The molecule has 1 aromatic heterocycles. The van der Waals surface area contributed by atoms with E-state index < -0.39 is 0 Å². The van der Waals surface area contributed by atoms with Crippen LogP contribution < -0.4 is 10.2 Å². The topological polar surface area (TPSA) is 50.7 Å². The van der Waals surface area contributed by atoms with Crippen molar-refractivity contribution in [2.75, 3.05) is 6.61 Å². The predicted octanol–water partition coefficient (Wildman–Crippen LogP) is 4.05. The zero-order chi connectivity index (χ0) is 15.9. The Morgan fingerprint density at radius 1 is 1.32 bits per heavy atom. The van der Waals surface area contributed by atoms with Crippen molar-refractivity contribution in [3.8, 4) is 5.75 Å². The molecule has 1 heterocycles. The second-order valence-electron chi connectivity index (χ2n) is 4.95. The van der Waals surface area contributed by atoms with E-state index in [4.69, 9.17) is 16.3 Å². The largest absolute Gasteiger partial charge is 0.484 e. The lowest BCUT2D eigenvalue weighted by molar-refractivity contribution is -0.123. The summed E-state index contributed by atoms with van der Waals surface area (Å²) in [7, 11) is 0. The van der Waals surface area contributed by atoms with Crippen molar-refractivity contribution >= 4 is 35.1 Å². The third-order valence-electron chi connectivity index (χ3n) is 2.89. The molecule has 22 heavy (non-hydrogen) atoms. The summed E-state index contributed by atoms with van der Waals surface area (Å²) in [4.78, 5) is 12.5. The van der Waals surface area contributed by atoms with Gasteiger partial charge in [-0.25, -0.2) is 5.43 Å². The molecule has 0 unspecified atom stereocenters. The highest BCUT2D eigenvalue weighted by Gasteiger charge is 2.03. The first-order valence-electron chi connectivity index (χ1n) is 6.84. The average molecular weight is 337 g/mol. The van der Waals surface area contributed by atoms with Crippen molar-refractivity contribution in [3.05, 3.63) is 51.2 Å². The van der Waals surface area contributed by atoms with Crippen LogP contribution in [0.15, 0.2) is 41.5 Å². The SMILES string of the molecule is CC(C)c1ccc(OCC(=O)N/N=C/c2ccc(Cl)s2)cc1. The fourth-order valence-corrected chi connectivity index (χ4v) is 2.63. The first-order valence-corrected chi connectivity index (χ1v) is 8.04. The van der Waals surface area contributed by atoms with Gasteiger partial charge in [-0.05, 0) is 35.7 Å². The number of hydrogen-bond donors (Lipinski definition) is 1. The molecule has 0 radical (unpaired) electrons. The second kappa shape index (κ2) is 7.96. The molecule has 0 aliphatic carbocycles. The molecule has 1 amide bonds. The van der Waals surface area contributed by atoms with E-state index >= 15 is 0 Å². The van der Waals surface area contributed by atoms with E-state index in [0.29, 0.717) is 16.0 Å². The van der Waals surface area contributed by atoms with Crippen molar-refractivity contribution in [3.63, 3.8) is 0 Å². The van der Waals surface area contributed by atoms with Gasteiger partial charge in [0.2, 0.25) is 0 Å². The Kier molecular flexibility index (Phi) is 5.98. The smallest absolute Gasteiger partial charge is 0.277 e. The lowest BCUT2D eigenvalue weighted by atomic mass is 10.0. The zero-order valence-corrected chi connectivity index (χ0v) is 13.9. The Balaban J connectivity index is 1.76. The molecule has 116 valence electrons. The highest BCUT2D eigenvalue weighted by Crippen LogP contribution is 2.19. The van der Waals surface area contributed by atoms with Gasteiger partial charge in [0.05, 0.1) is 10.6 Å². The van der Waals surface area contributed by atoms with E-state index in [2.05, 4.69) is 24.4 Å². The van der Waals surface area contributed by atoms with Gasteiger partial charge in [0.15, 0.2) is 6.61 Å². The fraction of sp³-hybridized carbons (Fsp3) is 0.250. The van der Waals surface area contributed by atoms with Gasteiger partial charge in [-0.15, -0.1) is 11.3 Å². The Morgan fingerprint density at radius 3 is 2.64 bits per heavy atom. The Labute approximate surface area is 138 Å². The van der Waals surface area contributed by atoms with Crippen molar-refractivity contribution in [1.82, 2.24) is 5.43 Å². The number of thiophene rings is 1. The first kappa shape index (κ1) is 16.5. The highest BCUT2D eigenvalue weighted by atomic mass is 35.5. The molecule has 0 bridgehead atoms. The minimum atomic E-state index is -0.313. The number of benzene rings is 1. The predicted molar refractivity (Wildman–Crippen MR) is 91.1 cm³/mol. The second-order valence-corrected chi connectivity index (χ2v) is 6.69. The molecule has 0 aliphatic heterocycles. The Morgan fingerprint density at radius 2 is 2.05 bits per heavy atom. The summed E-state index contributed by atoms with van der Waals surface area (Å²) in [6.45, 7) is 4.17. The van der Waals surface area contributed by atoms with Gasteiger partial charge in [-0.2, -0.15) is 5.10 Å². The summed E-state index contributed by atoms with van der Waals surface area (Å²) in [5, 5.41) is 3.85. The summed E-state index contributed by atoms with van der Waals surface area (Å²) in [5.74, 6) is 0.817. The van der Waals surface area contributed by atoms with Gasteiger partial charge in [-0.3, -0.25) is 4.79 Å². The Hall–Kier alpha value is -1.85. The standard InChI is InChI=1S/C16H17ClN2O2S/c1-11(2)12-3-5-13(6-4-12)21-10-16(20)19-18-9-14-7-8-15(17)22-14/h3-9,11H,10H2,1-2H3,(H,19,20)/b18-9+. The minimum absolute atomic E-state index is 0.0798. The molecule has 4 nitrogen and oxygen atoms in total. The summed E-state index contributed by atoms with van der Waals surface area (Å²) in [6, 6.07) is 11.3. The van der Waals surface area contributed by atoms with Gasteiger partial charge in [0, 0.05) is 4.88 Å². The molecule has 1 N–H and O–H groups in total. The van der Waals surface area contributed by atoms with Crippen LogP contribution in [0.5, 0.6) is 5.75 Å². The van der Waals surface area contributed by atoms with Crippen LogP contribution in [0.4, 0.5) is 0 Å². The van der Waals surface area contributed by atoms with Gasteiger partial charge in [0.1, 0.15) is 5.75 Å². The van der Waals surface area contributed by atoms with Crippen LogP contribution in [0.2, 0.25) is 4.34 Å². The molecule has 0 atom stereocenters. The first-order chi connectivity index (χ1) is 10.5. The van der Waals surface area contributed by atoms with Gasteiger partial charge < -0.3 is 4.74 Å². The van der Waals surface area contributed by atoms with Crippen LogP contribution >= 0.6 is 22.9 Å². The van der Waals surface area contributed by atoms with E-state index in [1.165, 1.54) is 16.9 Å². The summed E-state index contributed by atoms with van der Waals surface area (Å²) < 4.78 is 6.09. The zero-order valence-electron chi connectivity index (χ0n) is 12.4. The van der Waals surface area contributed by atoms with E-state index in [1.54, 1.807) is 12.3 Å². The quantitative estimate of drug-likeness (QED) is 0.639. The number of halogens is 1. The van der Waals surface area contributed by atoms with Crippen LogP contribution in [0.25, 0.3) is 0 Å². The highest BCUT2D eigenvalue weighted by molar-refractivity contribution is 7.17. The normalized spacial score (nSPS) is 11.1. The molecule has 2 aromatic rings. The van der Waals surface area contributed by atoms with Crippen molar-refractivity contribution < 1.29 is 9.53 Å². The van der Waals surface area contributed by atoms with E-state index in [1.807, 2.05) is 30.3 Å². The van der Waals surface area contributed by atoms with Crippen LogP contribution in [0.3, 0.4) is 0 Å². The van der Waals surface area contributed by atoms with Gasteiger partial charge in [0.25, 0.3) is 5.91 Å². The number of nitrogens with zero attached hydrogens (tertiary/aromatic N) is 1. The summed E-state index contributed by atoms with van der Waals surface area (Å²) >= 11 is 7.19. The lowest BCUT2D eigenvalue weighted by Gasteiger charge is -2.08. The number of carbonyl (C=O) groups is 1. The molecular weight excluding hydrogens is 320 g/mol. The number of hydrogen-bond acceptors (Lipinski definition) is 4. The molecule has 2 rings (SSSR count). The lowest BCUT2D eigenvalue weighted by Crippen LogP contribution is -2.24. The van der Waals surface area contributed by atoms with Crippen molar-refractivity contribution in [2.24, 2.45) is 5.10 Å². The number of carbonyl (C=O) groups excluding carboxylic acids is 1. The summed E-state index contributed by atoms with van der Waals surface area (Å²) in [6.07, 6.45) is 1.55. The van der Waals surface area contributed by atoms with Gasteiger partial charge in [-0.1, -0.05) is 37.6 Å². The molecule has 1 aromatic carbocycles. The van der Waals surface area contributed by atoms with Crippen LogP contribution in [0, 0.1) is 0 Å². The number of amides is 1. The average Bonchev–Trinajstić information content (AvgIpc) is 2.91. The van der Waals surface area contributed by atoms with Gasteiger partial charge >= 0.3 is 0 Å². The summed E-state index contributed by atoms with van der Waals surface area (Å²) in [5.41, 5.74) is 3.64. The monoisotopic (exact) mass is 336 g/mol. The Bertz CT molecular complexity index is 650. The molecule has 0 fully saturated rings. The van der Waals surface area contributed by atoms with E-state index in [0.717, 1.165) is 4.88 Å². The number of rotatable bonds is 6. The maximum absolute atomic E-state index is 11.6. The molecule has 6 heteroatoms. The van der Waals surface area contributed by atoms with Crippen LogP contribution in [-0.4, -0.2) is 18.7 Å². The maximum atomic E-state index is 11.6.